The zero-order valence-corrected chi connectivity index (χ0v) is 10.9. The molecular formula is C12H16N2O5. The summed E-state index contributed by atoms with van der Waals surface area (Å²) in [5.74, 6) is -1.98. The number of carbonyl (C=O) groups is 2. The van der Waals surface area contributed by atoms with Crippen LogP contribution in [0.3, 0.4) is 0 Å². The molecule has 0 aliphatic rings. The number of unbranched alkanes of at least 4 members (excludes halogenated alkanes) is 1. The fourth-order valence-corrected chi connectivity index (χ4v) is 1.50. The van der Waals surface area contributed by atoms with Gasteiger partial charge in [0.1, 0.15) is 5.92 Å². The highest BCUT2D eigenvalue weighted by Crippen LogP contribution is 2.13. The van der Waals surface area contributed by atoms with Crippen LogP contribution in [0.1, 0.15) is 25.7 Å². The predicted octanol–water partition coefficient (Wildman–Crippen LogP) is 0.737. The van der Waals surface area contributed by atoms with Gasteiger partial charge in [0.25, 0.3) is 0 Å². The molecule has 19 heavy (non-hydrogen) atoms. The summed E-state index contributed by atoms with van der Waals surface area (Å²) in [6, 6.07) is 0.974. The van der Waals surface area contributed by atoms with Crippen LogP contribution < -0.4 is 0 Å². The van der Waals surface area contributed by atoms with E-state index in [0.717, 1.165) is 0 Å². The molecule has 0 saturated heterocycles. The van der Waals surface area contributed by atoms with Gasteiger partial charge in [0.15, 0.2) is 6.04 Å². The highest BCUT2D eigenvalue weighted by Gasteiger charge is 2.20. The fourth-order valence-electron chi connectivity index (χ4n) is 1.50. The van der Waals surface area contributed by atoms with Crippen molar-refractivity contribution in [1.29, 1.82) is 5.26 Å². The molecule has 0 aliphatic heterocycles. The lowest BCUT2D eigenvalue weighted by Gasteiger charge is -2.09. The first-order chi connectivity index (χ1) is 9.10. The smallest absolute Gasteiger partial charge is 0.331 e. The molecule has 7 heteroatoms. The van der Waals surface area contributed by atoms with Crippen LogP contribution in [0.25, 0.3) is 0 Å². The Morgan fingerprint density at radius 2 is 1.74 bits per heavy atom. The van der Waals surface area contributed by atoms with Crippen LogP contribution >= 0.6 is 0 Å². The number of esters is 2. The molecule has 0 fully saturated rings. The second kappa shape index (κ2) is 9.80. The van der Waals surface area contributed by atoms with Gasteiger partial charge in [-0.2, -0.15) is 10.3 Å². The molecule has 2 unspecified atom stereocenters. The van der Waals surface area contributed by atoms with E-state index in [-0.39, 0.29) is 0 Å². The average Bonchev–Trinajstić information content (AvgIpc) is 2.44. The van der Waals surface area contributed by atoms with Crippen molar-refractivity contribution < 1.29 is 23.9 Å². The van der Waals surface area contributed by atoms with E-state index in [1.54, 1.807) is 0 Å². The third kappa shape index (κ3) is 6.34. The molecule has 104 valence electrons. The second-order valence-corrected chi connectivity index (χ2v) is 3.75. The summed E-state index contributed by atoms with van der Waals surface area (Å²) in [6.45, 7) is 0. The summed E-state index contributed by atoms with van der Waals surface area (Å²) in [6.07, 6.45) is 3.03. The van der Waals surface area contributed by atoms with Gasteiger partial charge in [-0.25, -0.2) is 9.59 Å². The first kappa shape index (κ1) is 16.8. The van der Waals surface area contributed by atoms with Gasteiger partial charge in [-0.3, -0.25) is 4.79 Å². The van der Waals surface area contributed by atoms with E-state index in [1.807, 2.05) is 6.07 Å². The quantitative estimate of drug-likeness (QED) is 0.278. The highest BCUT2D eigenvalue weighted by molar-refractivity contribution is 5.76. The summed E-state index contributed by atoms with van der Waals surface area (Å²) >= 11 is 0. The Labute approximate surface area is 111 Å². The average molecular weight is 268 g/mol. The topological polar surface area (TPSA) is 106 Å². The lowest BCUT2D eigenvalue weighted by atomic mass is 10.0. The minimum Gasteiger partial charge on any atom is -0.468 e. The normalized spacial score (nSPS) is 12.5. The van der Waals surface area contributed by atoms with Crippen LogP contribution in [0.2, 0.25) is 0 Å². The van der Waals surface area contributed by atoms with Crippen LogP contribution in [0, 0.1) is 17.2 Å². The molecule has 0 radical (unpaired) electrons. The van der Waals surface area contributed by atoms with Crippen molar-refractivity contribution in [3.05, 3.63) is 0 Å². The van der Waals surface area contributed by atoms with E-state index in [2.05, 4.69) is 14.5 Å². The Balaban J connectivity index is 4.14. The maximum Gasteiger partial charge on any atom is 0.331 e. The molecule has 0 heterocycles. The van der Waals surface area contributed by atoms with Crippen molar-refractivity contribution in [2.45, 2.75) is 31.7 Å². The van der Waals surface area contributed by atoms with Gasteiger partial charge in [0.2, 0.25) is 6.08 Å². The van der Waals surface area contributed by atoms with Gasteiger partial charge >= 0.3 is 11.9 Å². The van der Waals surface area contributed by atoms with Gasteiger partial charge in [0, 0.05) is 0 Å². The SMILES string of the molecule is COC(=O)C(C#N)CCCCC(N=C=O)C(=O)OC. The Morgan fingerprint density at radius 3 is 2.21 bits per heavy atom. The van der Waals surface area contributed by atoms with E-state index >= 15 is 0 Å². The molecule has 0 aromatic carbocycles. The monoisotopic (exact) mass is 268 g/mol. The molecule has 0 rings (SSSR count). The van der Waals surface area contributed by atoms with Crippen molar-refractivity contribution in [2.24, 2.45) is 10.9 Å². The fraction of sp³-hybridized carbons (Fsp3) is 0.667. The van der Waals surface area contributed by atoms with E-state index in [1.165, 1.54) is 20.3 Å². The first-order valence-electron chi connectivity index (χ1n) is 5.73. The van der Waals surface area contributed by atoms with Crippen LogP contribution in [0.4, 0.5) is 0 Å². The Morgan fingerprint density at radius 1 is 1.16 bits per heavy atom. The van der Waals surface area contributed by atoms with Gasteiger partial charge in [-0.1, -0.05) is 12.8 Å². The van der Waals surface area contributed by atoms with Gasteiger partial charge in [-0.05, 0) is 12.8 Å². The molecule has 0 aromatic rings. The summed E-state index contributed by atoms with van der Waals surface area (Å²) in [7, 11) is 2.43. The number of nitrogens with zero attached hydrogens (tertiary/aromatic N) is 2. The molecule has 7 nitrogen and oxygen atoms in total. The van der Waals surface area contributed by atoms with E-state index in [4.69, 9.17) is 5.26 Å². The minimum atomic E-state index is -0.874. The van der Waals surface area contributed by atoms with Crippen molar-refractivity contribution in [2.75, 3.05) is 14.2 Å². The molecule has 0 saturated carbocycles. The number of isocyanates is 1. The van der Waals surface area contributed by atoms with Gasteiger partial charge in [-0.15, -0.1) is 0 Å². The summed E-state index contributed by atoms with van der Waals surface area (Å²) in [5, 5.41) is 8.75. The highest BCUT2D eigenvalue weighted by atomic mass is 16.5. The number of hydrogen-bond acceptors (Lipinski definition) is 7. The summed E-state index contributed by atoms with van der Waals surface area (Å²) < 4.78 is 8.95. The van der Waals surface area contributed by atoms with Crippen LogP contribution in [0.15, 0.2) is 4.99 Å². The van der Waals surface area contributed by atoms with Gasteiger partial charge < -0.3 is 9.47 Å². The van der Waals surface area contributed by atoms with Crippen molar-refractivity contribution in [3.8, 4) is 6.07 Å². The Hall–Kier alpha value is -2.19. The zero-order chi connectivity index (χ0) is 14.7. The molecule has 0 aliphatic carbocycles. The van der Waals surface area contributed by atoms with Crippen LogP contribution in [-0.4, -0.2) is 38.3 Å². The Bertz CT molecular complexity index is 395. The largest absolute Gasteiger partial charge is 0.468 e. The second-order valence-electron chi connectivity index (χ2n) is 3.75. The number of rotatable bonds is 8. The lowest BCUT2D eigenvalue weighted by molar-refractivity contribution is -0.144. The molecule has 0 bridgehead atoms. The van der Waals surface area contributed by atoms with Crippen LogP contribution in [0.5, 0.6) is 0 Å². The number of hydrogen-bond donors (Lipinski definition) is 0. The van der Waals surface area contributed by atoms with Crippen molar-refractivity contribution in [1.82, 2.24) is 0 Å². The van der Waals surface area contributed by atoms with E-state index in [9.17, 15) is 14.4 Å². The number of methoxy groups -OCH3 is 2. The lowest BCUT2D eigenvalue weighted by Crippen LogP contribution is -2.20. The number of nitriles is 1. The third-order valence-corrected chi connectivity index (χ3v) is 2.54. The summed E-state index contributed by atoms with van der Waals surface area (Å²) in [4.78, 5) is 35.9. The molecule has 0 spiro atoms. The maximum atomic E-state index is 11.2. The molecular weight excluding hydrogens is 252 g/mol. The maximum absolute atomic E-state index is 11.2. The zero-order valence-electron chi connectivity index (χ0n) is 10.9. The van der Waals surface area contributed by atoms with Gasteiger partial charge in [0.05, 0.1) is 20.3 Å². The number of aliphatic imine (C=N–C) groups is 1. The molecule has 0 amide bonds. The summed E-state index contributed by atoms with van der Waals surface area (Å²) in [5.41, 5.74) is 0. The number of ether oxygens (including phenoxy) is 2. The standard InChI is InChI=1S/C12H16N2O5/c1-18-11(16)9(7-13)5-3-4-6-10(14-8-15)12(17)19-2/h9-10H,3-6H2,1-2H3. The number of carbonyl (C=O) groups excluding carboxylic acids is 3. The van der Waals surface area contributed by atoms with E-state index in [0.29, 0.717) is 25.7 Å². The third-order valence-electron chi connectivity index (χ3n) is 2.54. The first-order valence-corrected chi connectivity index (χ1v) is 5.73. The van der Waals surface area contributed by atoms with Crippen molar-refractivity contribution >= 4 is 18.0 Å². The molecule has 2 atom stereocenters. The van der Waals surface area contributed by atoms with Crippen molar-refractivity contribution in [3.63, 3.8) is 0 Å². The van der Waals surface area contributed by atoms with Crippen LogP contribution in [-0.2, 0) is 23.9 Å². The molecule has 0 aromatic heterocycles. The minimum absolute atomic E-state index is 0.307. The molecule has 0 N–H and O–H groups in total. The Kier molecular flexibility index (Phi) is 8.67. The van der Waals surface area contributed by atoms with E-state index < -0.39 is 23.9 Å². The predicted molar refractivity (Wildman–Crippen MR) is 63.5 cm³/mol.